The highest BCUT2D eigenvalue weighted by atomic mass is 35.5. The normalized spacial score (nSPS) is 11.5. The van der Waals surface area contributed by atoms with E-state index in [0.717, 1.165) is 17.8 Å². The molecule has 2 heterocycles. The molecule has 1 aromatic carbocycles. The van der Waals surface area contributed by atoms with Crippen molar-refractivity contribution in [1.29, 1.82) is 0 Å². The molecule has 3 aromatic rings. The number of halogens is 4. The van der Waals surface area contributed by atoms with Gasteiger partial charge in [-0.1, -0.05) is 29.4 Å². The van der Waals surface area contributed by atoms with E-state index in [-0.39, 0.29) is 23.0 Å². The molecular formula is C19H15ClF3N3O2S. The number of pyridine rings is 1. The molecule has 0 saturated carbocycles. The summed E-state index contributed by atoms with van der Waals surface area (Å²) >= 11 is 7.24. The Morgan fingerprint density at radius 1 is 1.17 bits per heavy atom. The third-order valence-electron chi connectivity index (χ3n) is 4.06. The Morgan fingerprint density at radius 3 is 2.55 bits per heavy atom. The van der Waals surface area contributed by atoms with Crippen LogP contribution >= 0.6 is 23.4 Å². The Labute approximate surface area is 173 Å². The van der Waals surface area contributed by atoms with Crippen molar-refractivity contribution in [2.24, 2.45) is 0 Å². The van der Waals surface area contributed by atoms with E-state index in [9.17, 15) is 18.0 Å². The summed E-state index contributed by atoms with van der Waals surface area (Å²) in [6, 6.07) is 8.63. The Hall–Kier alpha value is -2.52. The number of thioether (sulfide) groups is 1. The predicted molar refractivity (Wildman–Crippen MR) is 106 cm³/mol. The van der Waals surface area contributed by atoms with Gasteiger partial charge in [-0.25, -0.2) is 9.97 Å². The van der Waals surface area contributed by atoms with Crippen molar-refractivity contribution in [2.75, 3.05) is 13.4 Å². The minimum absolute atomic E-state index is 0.00854. The van der Waals surface area contributed by atoms with E-state index in [1.807, 2.05) is 0 Å². The molecule has 0 spiro atoms. The van der Waals surface area contributed by atoms with Gasteiger partial charge in [0.2, 0.25) is 0 Å². The number of rotatable bonds is 5. The van der Waals surface area contributed by atoms with Gasteiger partial charge in [0.15, 0.2) is 5.16 Å². The molecule has 2 aromatic heterocycles. The van der Waals surface area contributed by atoms with Crippen LogP contribution in [0.25, 0.3) is 11.3 Å². The maximum Gasteiger partial charge on any atom is 0.433 e. The molecule has 3 rings (SSSR count). The van der Waals surface area contributed by atoms with Gasteiger partial charge >= 0.3 is 6.18 Å². The van der Waals surface area contributed by atoms with Crippen LogP contribution in [0.5, 0.6) is 5.75 Å². The average Bonchev–Trinajstić information content (AvgIpc) is 2.69. The Bertz CT molecular complexity index is 1100. The number of hydrogen-bond acceptors (Lipinski definition) is 5. The summed E-state index contributed by atoms with van der Waals surface area (Å²) in [5.74, 6) is 0.574. The Kier molecular flexibility index (Phi) is 6.18. The van der Waals surface area contributed by atoms with Crippen LogP contribution in [0.3, 0.4) is 0 Å². The monoisotopic (exact) mass is 441 g/mol. The SMILES string of the molecule is COc1ccc(Cn2cc(-c3cc(C(F)(F)F)nc(SC)n3)ccc2=O)c(Cl)c1. The molecule has 0 saturated heterocycles. The standard InChI is InChI=1S/C19H15ClF3N3O2S/c1-28-13-5-3-11(14(20)7-13)9-26-10-12(4-6-17(26)27)15-8-16(19(21,22)23)25-18(24-15)29-2/h3-8,10H,9H2,1-2H3. The number of aromatic nitrogens is 3. The van der Waals surface area contributed by atoms with Crippen LogP contribution in [0.4, 0.5) is 13.2 Å². The van der Waals surface area contributed by atoms with Gasteiger partial charge in [0, 0.05) is 22.8 Å². The molecule has 0 aliphatic carbocycles. The minimum atomic E-state index is -4.60. The fourth-order valence-corrected chi connectivity index (χ4v) is 3.19. The van der Waals surface area contributed by atoms with Gasteiger partial charge in [0.05, 0.1) is 19.3 Å². The molecule has 0 aliphatic heterocycles. The van der Waals surface area contributed by atoms with Crippen LogP contribution in [-0.2, 0) is 12.7 Å². The molecule has 5 nitrogen and oxygen atoms in total. The molecule has 0 atom stereocenters. The summed E-state index contributed by atoms with van der Waals surface area (Å²) in [5, 5.41) is 0.401. The van der Waals surface area contributed by atoms with Crippen molar-refractivity contribution in [3.05, 3.63) is 69.2 Å². The summed E-state index contributed by atoms with van der Waals surface area (Å²) in [5.41, 5.74) is -0.266. The third kappa shape index (κ3) is 4.91. The second-order valence-electron chi connectivity index (χ2n) is 5.96. The first-order valence-electron chi connectivity index (χ1n) is 8.25. The zero-order valence-corrected chi connectivity index (χ0v) is 16.9. The summed E-state index contributed by atoms with van der Waals surface area (Å²) in [4.78, 5) is 19.9. The van der Waals surface area contributed by atoms with Gasteiger partial charge < -0.3 is 9.30 Å². The van der Waals surface area contributed by atoms with E-state index >= 15 is 0 Å². The number of methoxy groups -OCH3 is 1. The van der Waals surface area contributed by atoms with Gasteiger partial charge in [0.1, 0.15) is 11.4 Å². The van der Waals surface area contributed by atoms with Crippen LogP contribution in [0, 0.1) is 0 Å². The quantitative estimate of drug-likeness (QED) is 0.422. The van der Waals surface area contributed by atoms with E-state index < -0.39 is 11.9 Å². The van der Waals surface area contributed by atoms with Gasteiger partial charge in [-0.3, -0.25) is 4.79 Å². The second kappa shape index (κ2) is 8.46. The summed E-state index contributed by atoms with van der Waals surface area (Å²) < 4.78 is 45.9. The fourth-order valence-electron chi connectivity index (χ4n) is 2.58. The number of nitrogens with zero attached hydrogens (tertiary/aromatic N) is 3. The molecule has 152 valence electrons. The second-order valence-corrected chi connectivity index (χ2v) is 7.14. The van der Waals surface area contributed by atoms with E-state index in [1.54, 1.807) is 24.5 Å². The van der Waals surface area contributed by atoms with Crippen LogP contribution in [0.2, 0.25) is 5.02 Å². The molecule has 10 heteroatoms. The lowest BCUT2D eigenvalue weighted by Gasteiger charge is -2.12. The minimum Gasteiger partial charge on any atom is -0.497 e. The fraction of sp³-hybridized carbons (Fsp3) is 0.211. The molecule has 0 aliphatic rings. The summed E-state index contributed by atoms with van der Waals surface area (Å²) in [7, 11) is 1.51. The van der Waals surface area contributed by atoms with Gasteiger partial charge in [-0.05, 0) is 36.1 Å². The van der Waals surface area contributed by atoms with E-state index in [4.69, 9.17) is 16.3 Å². The van der Waals surface area contributed by atoms with Crippen molar-refractivity contribution in [3.8, 4) is 17.0 Å². The Balaban J connectivity index is 2.03. The third-order valence-corrected chi connectivity index (χ3v) is 4.96. The van der Waals surface area contributed by atoms with Crippen LogP contribution in [0.1, 0.15) is 11.3 Å². The number of hydrogen-bond donors (Lipinski definition) is 0. The van der Waals surface area contributed by atoms with E-state index in [2.05, 4.69) is 9.97 Å². The van der Waals surface area contributed by atoms with Crippen LogP contribution < -0.4 is 10.3 Å². The van der Waals surface area contributed by atoms with Crippen molar-refractivity contribution in [3.63, 3.8) is 0 Å². The number of alkyl halides is 3. The molecule has 29 heavy (non-hydrogen) atoms. The van der Waals surface area contributed by atoms with Gasteiger partial charge in [-0.15, -0.1) is 0 Å². The van der Waals surface area contributed by atoms with Gasteiger partial charge in [-0.2, -0.15) is 13.2 Å². The highest BCUT2D eigenvalue weighted by Crippen LogP contribution is 2.31. The molecular weight excluding hydrogens is 427 g/mol. The van der Waals surface area contributed by atoms with Crippen LogP contribution in [0.15, 0.2) is 52.5 Å². The smallest absolute Gasteiger partial charge is 0.433 e. The Morgan fingerprint density at radius 2 is 1.93 bits per heavy atom. The molecule has 0 amide bonds. The average molecular weight is 442 g/mol. The maximum atomic E-state index is 13.2. The van der Waals surface area contributed by atoms with E-state index in [1.165, 1.54) is 30.0 Å². The lowest BCUT2D eigenvalue weighted by molar-refractivity contribution is -0.141. The van der Waals surface area contributed by atoms with Crippen molar-refractivity contribution >= 4 is 23.4 Å². The molecule has 0 unspecified atom stereocenters. The van der Waals surface area contributed by atoms with Gasteiger partial charge in [0.25, 0.3) is 5.56 Å². The molecule has 0 bridgehead atoms. The first kappa shape index (κ1) is 21.2. The lowest BCUT2D eigenvalue weighted by Crippen LogP contribution is -2.19. The molecule has 0 fully saturated rings. The maximum absolute atomic E-state index is 13.2. The molecule has 0 radical (unpaired) electrons. The van der Waals surface area contributed by atoms with Crippen LogP contribution in [-0.4, -0.2) is 27.9 Å². The summed E-state index contributed by atoms with van der Waals surface area (Å²) in [6.07, 6.45) is -1.56. The topological polar surface area (TPSA) is 57.0 Å². The van der Waals surface area contributed by atoms with E-state index in [0.29, 0.717) is 21.9 Å². The largest absolute Gasteiger partial charge is 0.497 e. The highest BCUT2D eigenvalue weighted by Gasteiger charge is 2.33. The highest BCUT2D eigenvalue weighted by molar-refractivity contribution is 7.98. The molecule has 0 N–H and O–H groups in total. The predicted octanol–water partition coefficient (Wildman–Crippen LogP) is 4.76. The number of ether oxygens (including phenoxy) is 1. The first-order valence-corrected chi connectivity index (χ1v) is 9.85. The summed E-state index contributed by atoms with van der Waals surface area (Å²) in [6.45, 7) is 0.141. The first-order chi connectivity index (χ1) is 13.7. The van der Waals surface area contributed by atoms with Crippen molar-refractivity contribution < 1.29 is 17.9 Å². The number of benzene rings is 1. The van der Waals surface area contributed by atoms with Crippen molar-refractivity contribution in [1.82, 2.24) is 14.5 Å². The zero-order valence-electron chi connectivity index (χ0n) is 15.3. The zero-order chi connectivity index (χ0) is 21.2. The lowest BCUT2D eigenvalue weighted by atomic mass is 10.1. The van der Waals surface area contributed by atoms with Crippen molar-refractivity contribution in [2.45, 2.75) is 17.9 Å².